The summed E-state index contributed by atoms with van der Waals surface area (Å²) in [5, 5.41) is 9.18. The van der Waals surface area contributed by atoms with Crippen LogP contribution in [0.2, 0.25) is 0 Å². The largest absolute Gasteiger partial charge is 0.493 e. The van der Waals surface area contributed by atoms with E-state index in [1.807, 2.05) is 0 Å². The number of nitrogens with zero attached hydrogens (tertiary/aromatic N) is 1. The second-order valence-corrected chi connectivity index (χ2v) is 4.95. The molecule has 0 spiro atoms. The zero-order chi connectivity index (χ0) is 14.1. The first-order valence-electron chi connectivity index (χ1n) is 5.87. The van der Waals surface area contributed by atoms with Crippen molar-refractivity contribution >= 4 is 22.3 Å². The molecular weight excluding hydrogens is 276 g/mol. The van der Waals surface area contributed by atoms with Crippen LogP contribution in [-0.4, -0.2) is 19.2 Å². The standard InChI is InChI=1S/C14H12N2O3S/c1-17-10-4-3-8-9(15)5-11(12-6-16-7-20-12)19-13(8)14(10)18-2/h3-7,15H,1-2H3. The van der Waals surface area contributed by atoms with Gasteiger partial charge in [-0.05, 0) is 12.1 Å². The van der Waals surface area contributed by atoms with E-state index in [-0.39, 0.29) is 0 Å². The Kier molecular flexibility index (Phi) is 3.15. The topological polar surface area (TPSA) is 68.3 Å². The molecule has 0 saturated heterocycles. The summed E-state index contributed by atoms with van der Waals surface area (Å²) in [7, 11) is 3.12. The molecule has 0 aliphatic heterocycles. The molecule has 0 saturated carbocycles. The van der Waals surface area contributed by atoms with Crippen LogP contribution in [0.5, 0.6) is 11.5 Å². The molecule has 1 N–H and O–H groups in total. The number of fused-ring (bicyclic) bond motifs is 1. The summed E-state index contributed by atoms with van der Waals surface area (Å²) in [6.07, 6.45) is 1.71. The number of methoxy groups -OCH3 is 2. The molecule has 2 heterocycles. The van der Waals surface area contributed by atoms with E-state index >= 15 is 0 Å². The lowest BCUT2D eigenvalue weighted by atomic mass is 10.2. The Bertz CT molecular complexity index is 809. The first kappa shape index (κ1) is 12.7. The minimum atomic E-state index is 0.371. The summed E-state index contributed by atoms with van der Waals surface area (Å²) >= 11 is 1.46. The third-order valence-electron chi connectivity index (χ3n) is 2.95. The van der Waals surface area contributed by atoms with Crippen molar-refractivity contribution in [3.63, 3.8) is 0 Å². The number of rotatable bonds is 3. The Hall–Kier alpha value is -2.34. The molecule has 5 nitrogen and oxygen atoms in total. The summed E-state index contributed by atoms with van der Waals surface area (Å²) in [6.45, 7) is 0. The molecule has 0 atom stereocenters. The molecule has 2 aromatic heterocycles. The SMILES string of the molecule is COc1ccc2c(=N)cc(-c3cncs3)oc2c1OC. The van der Waals surface area contributed by atoms with Crippen molar-refractivity contribution in [1.82, 2.24) is 4.98 Å². The lowest BCUT2D eigenvalue weighted by Gasteiger charge is -2.10. The quantitative estimate of drug-likeness (QED) is 0.804. The Morgan fingerprint density at radius 1 is 1.25 bits per heavy atom. The number of benzene rings is 1. The predicted octanol–water partition coefficient (Wildman–Crippen LogP) is 3.05. The van der Waals surface area contributed by atoms with Gasteiger partial charge in [0.05, 0.1) is 30.0 Å². The third kappa shape index (κ3) is 1.94. The summed E-state index contributed by atoms with van der Waals surface area (Å²) in [5.41, 5.74) is 2.23. The number of hydrogen-bond acceptors (Lipinski definition) is 6. The van der Waals surface area contributed by atoms with E-state index in [0.29, 0.717) is 33.6 Å². The fraction of sp³-hybridized carbons (Fsp3) is 0.143. The summed E-state index contributed by atoms with van der Waals surface area (Å²) in [5.74, 6) is 1.66. The van der Waals surface area contributed by atoms with Crippen molar-refractivity contribution in [1.29, 1.82) is 5.41 Å². The van der Waals surface area contributed by atoms with Crippen molar-refractivity contribution in [2.24, 2.45) is 0 Å². The van der Waals surface area contributed by atoms with Gasteiger partial charge in [-0.1, -0.05) is 0 Å². The van der Waals surface area contributed by atoms with Crippen molar-refractivity contribution < 1.29 is 13.9 Å². The van der Waals surface area contributed by atoms with E-state index in [9.17, 15) is 0 Å². The predicted molar refractivity (Wildman–Crippen MR) is 76.3 cm³/mol. The number of aromatic nitrogens is 1. The van der Waals surface area contributed by atoms with Gasteiger partial charge in [-0.3, -0.25) is 10.4 Å². The second-order valence-electron chi connectivity index (χ2n) is 4.07. The minimum absolute atomic E-state index is 0.371. The second kappa shape index (κ2) is 4.97. The molecule has 0 fully saturated rings. The Morgan fingerprint density at radius 2 is 2.10 bits per heavy atom. The minimum Gasteiger partial charge on any atom is -0.493 e. The fourth-order valence-electron chi connectivity index (χ4n) is 2.02. The van der Waals surface area contributed by atoms with E-state index in [1.165, 1.54) is 11.3 Å². The monoisotopic (exact) mass is 288 g/mol. The Morgan fingerprint density at radius 3 is 2.75 bits per heavy atom. The van der Waals surface area contributed by atoms with Gasteiger partial charge in [0.25, 0.3) is 0 Å². The molecule has 0 bridgehead atoms. The van der Waals surface area contributed by atoms with Crippen LogP contribution in [0.3, 0.4) is 0 Å². The van der Waals surface area contributed by atoms with Crippen LogP contribution in [0.15, 0.2) is 34.3 Å². The van der Waals surface area contributed by atoms with E-state index in [2.05, 4.69) is 4.98 Å². The average Bonchev–Trinajstić information content (AvgIpc) is 3.00. The molecule has 0 aliphatic carbocycles. The van der Waals surface area contributed by atoms with Crippen molar-refractivity contribution in [2.45, 2.75) is 0 Å². The van der Waals surface area contributed by atoms with E-state index < -0.39 is 0 Å². The van der Waals surface area contributed by atoms with Gasteiger partial charge < -0.3 is 13.9 Å². The average molecular weight is 288 g/mol. The zero-order valence-corrected chi connectivity index (χ0v) is 11.8. The van der Waals surface area contributed by atoms with Crippen LogP contribution in [0.1, 0.15) is 0 Å². The van der Waals surface area contributed by atoms with Gasteiger partial charge >= 0.3 is 0 Å². The zero-order valence-electron chi connectivity index (χ0n) is 11.0. The van der Waals surface area contributed by atoms with Gasteiger partial charge in [0.2, 0.25) is 5.75 Å². The van der Waals surface area contributed by atoms with Crippen molar-refractivity contribution in [2.75, 3.05) is 14.2 Å². The molecular formula is C14H12N2O3S. The summed E-state index contributed by atoms with van der Waals surface area (Å²) in [4.78, 5) is 4.89. The highest BCUT2D eigenvalue weighted by Crippen LogP contribution is 2.36. The van der Waals surface area contributed by atoms with Crippen LogP contribution >= 0.6 is 11.3 Å². The normalized spacial score (nSPS) is 10.7. The molecule has 1 aromatic carbocycles. The van der Waals surface area contributed by atoms with Gasteiger partial charge in [0.1, 0.15) is 5.76 Å². The molecule has 3 aromatic rings. The summed E-state index contributed by atoms with van der Waals surface area (Å²) in [6, 6.07) is 5.24. The van der Waals surface area contributed by atoms with Crippen LogP contribution in [-0.2, 0) is 0 Å². The maximum absolute atomic E-state index is 8.13. The van der Waals surface area contributed by atoms with Gasteiger partial charge in [0.15, 0.2) is 11.3 Å². The first-order valence-corrected chi connectivity index (χ1v) is 6.75. The van der Waals surface area contributed by atoms with Gasteiger partial charge in [-0.25, -0.2) is 0 Å². The van der Waals surface area contributed by atoms with Crippen LogP contribution in [0.25, 0.3) is 21.6 Å². The van der Waals surface area contributed by atoms with Crippen molar-refractivity contribution in [3.8, 4) is 22.1 Å². The lowest BCUT2D eigenvalue weighted by molar-refractivity contribution is 0.353. The van der Waals surface area contributed by atoms with Gasteiger partial charge in [-0.15, -0.1) is 11.3 Å². The first-order chi connectivity index (χ1) is 9.74. The van der Waals surface area contributed by atoms with Crippen LogP contribution < -0.4 is 14.8 Å². The lowest BCUT2D eigenvalue weighted by Crippen LogP contribution is -2.02. The molecule has 0 unspecified atom stereocenters. The molecule has 6 heteroatoms. The molecule has 102 valence electrons. The van der Waals surface area contributed by atoms with E-state index in [0.717, 1.165) is 4.88 Å². The van der Waals surface area contributed by atoms with E-state index in [4.69, 9.17) is 19.3 Å². The highest BCUT2D eigenvalue weighted by Gasteiger charge is 2.14. The number of nitrogens with one attached hydrogen (secondary N) is 1. The molecule has 20 heavy (non-hydrogen) atoms. The maximum Gasteiger partial charge on any atom is 0.204 e. The Labute approximate surface area is 118 Å². The Balaban J connectivity index is 2.36. The number of ether oxygens (including phenoxy) is 2. The van der Waals surface area contributed by atoms with Crippen LogP contribution in [0, 0.1) is 5.41 Å². The number of hydrogen-bond donors (Lipinski definition) is 1. The maximum atomic E-state index is 8.13. The number of thiazole rings is 1. The van der Waals surface area contributed by atoms with Gasteiger partial charge in [0, 0.05) is 17.6 Å². The fourth-order valence-corrected chi connectivity index (χ4v) is 2.59. The molecule has 0 radical (unpaired) electrons. The molecule has 3 rings (SSSR count). The highest BCUT2D eigenvalue weighted by molar-refractivity contribution is 7.13. The van der Waals surface area contributed by atoms with Gasteiger partial charge in [-0.2, -0.15) is 0 Å². The highest BCUT2D eigenvalue weighted by atomic mass is 32.1. The van der Waals surface area contributed by atoms with Crippen LogP contribution in [0.4, 0.5) is 0 Å². The third-order valence-corrected chi connectivity index (χ3v) is 3.74. The van der Waals surface area contributed by atoms with Crippen molar-refractivity contribution in [3.05, 3.63) is 35.3 Å². The molecule has 0 aliphatic rings. The summed E-state index contributed by atoms with van der Waals surface area (Å²) < 4.78 is 16.5. The van der Waals surface area contributed by atoms with E-state index in [1.54, 1.807) is 44.1 Å². The smallest absolute Gasteiger partial charge is 0.204 e. The molecule has 0 amide bonds.